The van der Waals surface area contributed by atoms with Crippen molar-refractivity contribution in [3.63, 3.8) is 0 Å². The van der Waals surface area contributed by atoms with Crippen LogP contribution in [0.2, 0.25) is 0 Å². The Morgan fingerprint density at radius 2 is 2.35 bits per heavy atom. The van der Waals surface area contributed by atoms with Crippen molar-refractivity contribution in [2.75, 3.05) is 29.2 Å². The molecule has 7 heteroatoms. The van der Waals surface area contributed by atoms with Crippen molar-refractivity contribution in [1.82, 2.24) is 0 Å². The first-order valence-corrected chi connectivity index (χ1v) is 6.16. The van der Waals surface area contributed by atoms with Crippen LogP contribution in [0.3, 0.4) is 0 Å². The number of amides is 2. The second-order valence-electron chi connectivity index (χ2n) is 3.95. The highest BCUT2D eigenvalue weighted by atomic mass is 35.5. The number of rotatable bonds is 3. The third-order valence-corrected chi connectivity index (χ3v) is 2.88. The molecule has 0 bridgehead atoms. The van der Waals surface area contributed by atoms with E-state index >= 15 is 0 Å². The third kappa shape index (κ3) is 2.68. The summed E-state index contributed by atoms with van der Waals surface area (Å²) in [6, 6.07) is 2.39. The Bertz CT molecular complexity index is 612. The first-order valence-electron chi connectivity index (χ1n) is 5.62. The van der Waals surface area contributed by atoms with E-state index in [0.29, 0.717) is 5.69 Å². The molecule has 20 heavy (non-hydrogen) atoms. The molecule has 5 nitrogen and oxygen atoms in total. The summed E-state index contributed by atoms with van der Waals surface area (Å²) in [5.74, 6) is 0.654. The lowest BCUT2D eigenvalue weighted by atomic mass is 10.2. The summed E-state index contributed by atoms with van der Waals surface area (Å²) in [5.41, 5.74) is 0.222. The molecular weight excluding hydrogens is 287 g/mol. The van der Waals surface area contributed by atoms with Crippen LogP contribution in [0.15, 0.2) is 12.1 Å². The van der Waals surface area contributed by atoms with E-state index in [9.17, 15) is 14.0 Å². The van der Waals surface area contributed by atoms with Gasteiger partial charge in [0.1, 0.15) is 11.6 Å². The molecule has 1 aliphatic rings. The second-order valence-corrected chi connectivity index (χ2v) is 4.22. The molecule has 0 saturated heterocycles. The lowest BCUT2D eigenvalue weighted by Crippen LogP contribution is -2.39. The summed E-state index contributed by atoms with van der Waals surface area (Å²) in [6.45, 7) is -0.175. The average Bonchev–Trinajstić information content (AvgIpc) is 2.43. The summed E-state index contributed by atoms with van der Waals surface area (Å²) < 4.78 is 18.9. The summed E-state index contributed by atoms with van der Waals surface area (Å²) in [5, 5.41) is 2.30. The van der Waals surface area contributed by atoms with Crippen molar-refractivity contribution in [3.8, 4) is 18.1 Å². The van der Waals surface area contributed by atoms with Gasteiger partial charge in [-0.15, -0.1) is 18.0 Å². The number of hydrogen-bond acceptors (Lipinski definition) is 3. The number of halogens is 2. The molecule has 0 spiro atoms. The van der Waals surface area contributed by atoms with Gasteiger partial charge in [0, 0.05) is 6.07 Å². The van der Waals surface area contributed by atoms with E-state index < -0.39 is 11.7 Å². The first kappa shape index (κ1) is 14.2. The Morgan fingerprint density at radius 3 is 3.00 bits per heavy atom. The smallest absolute Gasteiger partial charge is 0.265 e. The molecule has 2 amide bonds. The Hall–Kier alpha value is -2.26. The van der Waals surface area contributed by atoms with Gasteiger partial charge < -0.3 is 10.1 Å². The Morgan fingerprint density at radius 1 is 1.60 bits per heavy atom. The Labute approximate surface area is 119 Å². The number of hydrogen-bond donors (Lipinski definition) is 1. The maximum atomic E-state index is 13.8. The summed E-state index contributed by atoms with van der Waals surface area (Å²) in [4.78, 5) is 24.2. The van der Waals surface area contributed by atoms with Crippen LogP contribution >= 0.6 is 11.6 Å². The van der Waals surface area contributed by atoms with Gasteiger partial charge >= 0.3 is 0 Å². The molecule has 0 radical (unpaired) electrons. The van der Waals surface area contributed by atoms with Crippen molar-refractivity contribution in [2.24, 2.45) is 0 Å². The molecule has 0 aliphatic carbocycles. The first-order chi connectivity index (χ1) is 9.56. The number of benzene rings is 1. The normalized spacial score (nSPS) is 13.2. The van der Waals surface area contributed by atoms with E-state index in [1.54, 1.807) is 0 Å². The number of anilines is 2. The Balaban J connectivity index is 2.43. The number of carbonyl (C=O) groups excluding carboxylic acids is 2. The molecule has 1 heterocycles. The fourth-order valence-corrected chi connectivity index (χ4v) is 1.83. The molecule has 0 saturated carbocycles. The molecule has 0 aromatic heterocycles. The van der Waals surface area contributed by atoms with Crippen molar-refractivity contribution in [3.05, 3.63) is 17.9 Å². The zero-order valence-electron chi connectivity index (χ0n) is 10.3. The minimum atomic E-state index is -0.683. The number of nitrogens with zero attached hydrogens (tertiary/aromatic N) is 1. The van der Waals surface area contributed by atoms with Crippen molar-refractivity contribution < 1.29 is 18.7 Å². The average molecular weight is 297 g/mol. The van der Waals surface area contributed by atoms with Gasteiger partial charge in [0.25, 0.3) is 5.91 Å². The molecule has 2 rings (SSSR count). The molecule has 1 aliphatic heterocycles. The summed E-state index contributed by atoms with van der Waals surface area (Å²) >= 11 is 5.35. The molecule has 0 fully saturated rings. The van der Waals surface area contributed by atoms with Crippen LogP contribution in [0.5, 0.6) is 5.75 Å². The molecule has 1 aromatic rings. The molecule has 104 valence electrons. The number of fused-ring (bicyclic) bond motifs is 1. The minimum absolute atomic E-state index is 0.0315. The van der Waals surface area contributed by atoms with Crippen LogP contribution in [0.1, 0.15) is 0 Å². The van der Waals surface area contributed by atoms with Crippen LogP contribution in [0.4, 0.5) is 15.8 Å². The fraction of sp³-hybridized carbons (Fsp3) is 0.231. The molecule has 1 aromatic carbocycles. The maximum Gasteiger partial charge on any atom is 0.265 e. The number of alkyl halides is 1. The van der Waals surface area contributed by atoms with Gasteiger partial charge in [-0.3, -0.25) is 14.5 Å². The van der Waals surface area contributed by atoms with E-state index in [2.05, 4.69) is 11.2 Å². The SMILES string of the molecule is C#CCN1C(=O)COc2cc(F)c(NC(=O)CCl)cc21. The largest absolute Gasteiger partial charge is 0.481 e. The van der Waals surface area contributed by atoms with E-state index in [-0.39, 0.29) is 36.4 Å². The number of terminal acetylenes is 1. The van der Waals surface area contributed by atoms with E-state index in [1.807, 2.05) is 0 Å². The van der Waals surface area contributed by atoms with Crippen molar-refractivity contribution in [1.29, 1.82) is 0 Å². The lowest BCUT2D eigenvalue weighted by Gasteiger charge is -2.28. The van der Waals surface area contributed by atoms with Gasteiger partial charge in [0.15, 0.2) is 12.4 Å². The predicted octanol–water partition coefficient (Wildman–Crippen LogP) is 1.36. The summed E-state index contributed by atoms with van der Waals surface area (Å²) in [6.07, 6.45) is 5.20. The van der Waals surface area contributed by atoms with E-state index in [4.69, 9.17) is 22.8 Å². The minimum Gasteiger partial charge on any atom is -0.481 e. The molecule has 0 atom stereocenters. The number of nitrogens with one attached hydrogen (secondary N) is 1. The van der Waals surface area contributed by atoms with Gasteiger partial charge in [0.2, 0.25) is 5.91 Å². The number of ether oxygens (including phenoxy) is 1. The van der Waals surface area contributed by atoms with Gasteiger partial charge in [0.05, 0.1) is 17.9 Å². The predicted molar refractivity (Wildman–Crippen MR) is 72.4 cm³/mol. The van der Waals surface area contributed by atoms with Gasteiger partial charge in [-0.1, -0.05) is 5.92 Å². The Kier molecular flexibility index (Phi) is 4.11. The van der Waals surface area contributed by atoms with Crippen LogP contribution in [0, 0.1) is 18.2 Å². The van der Waals surface area contributed by atoms with Crippen molar-refractivity contribution >= 4 is 34.8 Å². The summed E-state index contributed by atoms with van der Waals surface area (Å²) in [7, 11) is 0. The topological polar surface area (TPSA) is 58.6 Å². The van der Waals surface area contributed by atoms with Gasteiger partial charge in [-0.05, 0) is 6.07 Å². The van der Waals surface area contributed by atoms with Crippen LogP contribution in [-0.4, -0.2) is 30.8 Å². The second kappa shape index (κ2) is 5.80. The zero-order chi connectivity index (χ0) is 14.7. The van der Waals surface area contributed by atoms with Crippen molar-refractivity contribution in [2.45, 2.75) is 0 Å². The highest BCUT2D eigenvalue weighted by Crippen LogP contribution is 2.36. The highest BCUT2D eigenvalue weighted by Gasteiger charge is 2.26. The maximum absolute atomic E-state index is 13.8. The standard InChI is InChI=1S/C13H10ClFN2O3/c1-2-3-17-10-5-9(16-12(18)6-14)8(15)4-11(10)20-7-13(17)19/h1,4-5H,3,6-7H2,(H,16,18). The zero-order valence-corrected chi connectivity index (χ0v) is 11.0. The number of carbonyl (C=O) groups is 2. The van der Waals surface area contributed by atoms with Crippen LogP contribution < -0.4 is 15.0 Å². The molecule has 0 unspecified atom stereocenters. The van der Waals surface area contributed by atoms with Crippen LogP contribution in [-0.2, 0) is 9.59 Å². The fourth-order valence-electron chi connectivity index (χ4n) is 1.77. The van der Waals surface area contributed by atoms with Gasteiger partial charge in [-0.2, -0.15) is 0 Å². The van der Waals surface area contributed by atoms with Gasteiger partial charge in [-0.25, -0.2) is 4.39 Å². The van der Waals surface area contributed by atoms with Crippen LogP contribution in [0.25, 0.3) is 0 Å². The monoisotopic (exact) mass is 296 g/mol. The highest BCUT2D eigenvalue weighted by molar-refractivity contribution is 6.29. The molecular formula is C13H10ClFN2O3. The third-order valence-electron chi connectivity index (χ3n) is 2.64. The quantitative estimate of drug-likeness (QED) is 0.677. The van der Waals surface area contributed by atoms with E-state index in [0.717, 1.165) is 6.07 Å². The lowest BCUT2D eigenvalue weighted by molar-refractivity contribution is -0.121. The van der Waals surface area contributed by atoms with E-state index in [1.165, 1.54) is 11.0 Å². The molecule has 1 N–H and O–H groups in total.